The molecule has 0 N–H and O–H groups in total. The van der Waals surface area contributed by atoms with Crippen LogP contribution in [0.5, 0.6) is 0 Å². The molecule has 0 saturated heterocycles. The van der Waals surface area contributed by atoms with Gasteiger partial charge in [-0.3, -0.25) is 0 Å². The fraction of sp³-hybridized carbons (Fsp3) is 0. The number of para-hydroxylation sites is 2. The molecule has 10 aromatic carbocycles. The summed E-state index contributed by atoms with van der Waals surface area (Å²) in [6, 6.07) is 80.1. The number of fused-ring (bicyclic) bond motifs is 7. The largest absolute Gasteiger partial charge is 0.310 e. The fourth-order valence-corrected chi connectivity index (χ4v) is 10.4. The second kappa shape index (κ2) is 13.6. The van der Waals surface area contributed by atoms with Crippen LogP contribution < -0.4 is 9.80 Å². The predicted octanol–water partition coefficient (Wildman–Crippen LogP) is 16.6. The van der Waals surface area contributed by atoms with Crippen LogP contribution in [0.25, 0.3) is 75.1 Å². The number of hydrogen-bond acceptors (Lipinski definition) is 3. The zero-order chi connectivity index (χ0) is 38.9. The van der Waals surface area contributed by atoms with Gasteiger partial charge in [0, 0.05) is 59.3 Å². The van der Waals surface area contributed by atoms with Gasteiger partial charge in [0.05, 0.1) is 11.4 Å². The van der Waals surface area contributed by atoms with Gasteiger partial charge in [-0.2, -0.15) is 0 Å². The van der Waals surface area contributed by atoms with E-state index in [2.05, 4.69) is 228 Å². The van der Waals surface area contributed by atoms with Crippen molar-refractivity contribution in [3.8, 4) is 33.4 Å². The summed E-state index contributed by atoms with van der Waals surface area (Å²) in [4.78, 5) is 4.90. The second-order valence-corrected chi connectivity index (χ2v) is 16.4. The van der Waals surface area contributed by atoms with Gasteiger partial charge in [-0.25, -0.2) is 0 Å². The van der Waals surface area contributed by atoms with Crippen LogP contribution in [0.3, 0.4) is 0 Å². The van der Waals surface area contributed by atoms with Crippen molar-refractivity contribution in [2.75, 3.05) is 9.80 Å². The van der Waals surface area contributed by atoms with Crippen molar-refractivity contribution in [1.29, 1.82) is 0 Å². The van der Waals surface area contributed by atoms with E-state index < -0.39 is 0 Å². The van der Waals surface area contributed by atoms with Crippen molar-refractivity contribution in [2.45, 2.75) is 0 Å². The first-order valence-corrected chi connectivity index (χ1v) is 21.0. The van der Waals surface area contributed by atoms with E-state index in [1.807, 2.05) is 11.3 Å². The molecule has 0 saturated carbocycles. The summed E-state index contributed by atoms with van der Waals surface area (Å²) < 4.78 is 2.62. The Labute approximate surface area is 347 Å². The van der Waals surface area contributed by atoms with E-state index in [1.54, 1.807) is 0 Å². The smallest absolute Gasteiger partial charge is 0.0619 e. The number of thiophene rings is 1. The van der Waals surface area contributed by atoms with E-state index in [1.165, 1.54) is 86.5 Å². The zero-order valence-corrected chi connectivity index (χ0v) is 32.9. The summed E-state index contributed by atoms with van der Waals surface area (Å²) in [7, 11) is 0. The predicted molar refractivity (Wildman–Crippen MR) is 254 cm³/mol. The molecule has 0 radical (unpaired) electrons. The van der Waals surface area contributed by atoms with Gasteiger partial charge in [0.1, 0.15) is 0 Å². The molecule has 2 nitrogen and oxygen atoms in total. The normalized spacial score (nSPS) is 12.0. The van der Waals surface area contributed by atoms with Crippen molar-refractivity contribution in [3.05, 3.63) is 218 Å². The molecule has 0 amide bonds. The first kappa shape index (κ1) is 33.7. The molecule has 0 unspecified atom stereocenters. The highest BCUT2D eigenvalue weighted by Gasteiger charge is 2.30. The van der Waals surface area contributed by atoms with Gasteiger partial charge in [-0.15, -0.1) is 11.3 Å². The van der Waals surface area contributed by atoms with E-state index in [0.29, 0.717) is 0 Å². The van der Waals surface area contributed by atoms with Crippen molar-refractivity contribution >= 4 is 87.2 Å². The minimum atomic E-state index is 1.10. The molecule has 0 spiro atoms. The van der Waals surface area contributed by atoms with E-state index in [9.17, 15) is 0 Å². The Hall–Kier alpha value is -7.46. The molecule has 0 bridgehead atoms. The first-order valence-electron chi connectivity index (χ1n) is 20.2. The summed E-state index contributed by atoms with van der Waals surface area (Å²) >= 11 is 1.87. The average Bonchev–Trinajstić information content (AvgIpc) is 3.68. The SMILES string of the molecule is c1ccc(-c2cc(-c3cc4c(c5ccccc35)N(c3ccc5sc6ccccc6c5c3)c3cccc5cccc-4c35)cc(N(c3ccccc3)c3ccccc3)c2)cc1. The van der Waals surface area contributed by atoms with Gasteiger partial charge in [-0.05, 0) is 117 Å². The van der Waals surface area contributed by atoms with E-state index in [4.69, 9.17) is 0 Å². The highest BCUT2D eigenvalue weighted by Crippen LogP contribution is 2.56. The Morgan fingerprint density at radius 1 is 0.356 bits per heavy atom. The second-order valence-electron chi connectivity index (χ2n) is 15.3. The monoisotopic (exact) mass is 768 g/mol. The van der Waals surface area contributed by atoms with E-state index in [0.717, 1.165) is 22.7 Å². The lowest BCUT2D eigenvalue weighted by atomic mass is 9.85. The molecule has 0 atom stereocenters. The standard InChI is InChI=1S/C56H36N2S/c1-4-16-37(17-5-1)39-32-40(34-44(33-39)57(41-20-6-2-7-21-41)42-22-8-3-9-23-42)49-36-51-47-27-14-18-38-19-15-28-52(55(38)47)58(56(51)48-26-11-10-24-45(48)49)43-30-31-54-50(35-43)46-25-12-13-29-53(46)59-54/h1-36H. The van der Waals surface area contributed by atoms with Crippen LogP contribution in [0.15, 0.2) is 218 Å². The summed E-state index contributed by atoms with van der Waals surface area (Å²) in [5, 5.41) is 7.55. The van der Waals surface area contributed by atoms with Crippen molar-refractivity contribution < 1.29 is 0 Å². The van der Waals surface area contributed by atoms with Crippen molar-refractivity contribution in [3.63, 3.8) is 0 Å². The summed E-state index contributed by atoms with van der Waals surface area (Å²) in [5.74, 6) is 0. The number of hydrogen-bond donors (Lipinski definition) is 0. The van der Waals surface area contributed by atoms with Crippen LogP contribution in [-0.4, -0.2) is 0 Å². The highest BCUT2D eigenvalue weighted by molar-refractivity contribution is 7.25. The van der Waals surface area contributed by atoms with Gasteiger partial charge in [0.25, 0.3) is 0 Å². The molecule has 0 fully saturated rings. The lowest BCUT2D eigenvalue weighted by molar-refractivity contribution is 1.28. The lowest BCUT2D eigenvalue weighted by Crippen LogP contribution is -2.16. The molecule has 3 heteroatoms. The van der Waals surface area contributed by atoms with Crippen molar-refractivity contribution in [1.82, 2.24) is 0 Å². The molecule has 11 aromatic rings. The fourth-order valence-electron chi connectivity index (χ4n) is 9.31. The summed E-state index contributed by atoms with van der Waals surface area (Å²) in [6.45, 7) is 0. The molecular formula is C56H36N2S. The Bertz CT molecular complexity index is 3340. The number of anilines is 6. The molecule has 276 valence electrons. The van der Waals surface area contributed by atoms with Crippen molar-refractivity contribution in [2.24, 2.45) is 0 Å². The van der Waals surface area contributed by atoms with E-state index >= 15 is 0 Å². The van der Waals surface area contributed by atoms with Crippen LogP contribution >= 0.6 is 11.3 Å². The molecular weight excluding hydrogens is 733 g/mol. The van der Waals surface area contributed by atoms with Crippen LogP contribution in [0.4, 0.5) is 34.1 Å². The molecule has 59 heavy (non-hydrogen) atoms. The molecule has 2 heterocycles. The topological polar surface area (TPSA) is 6.48 Å². The molecule has 1 aromatic heterocycles. The average molecular weight is 769 g/mol. The molecule has 1 aliphatic heterocycles. The summed E-state index contributed by atoms with van der Waals surface area (Å²) in [5.41, 5.74) is 14.1. The number of rotatable bonds is 6. The van der Waals surface area contributed by atoms with Gasteiger partial charge >= 0.3 is 0 Å². The molecule has 1 aliphatic rings. The van der Waals surface area contributed by atoms with Crippen LogP contribution in [0, 0.1) is 0 Å². The molecule has 12 rings (SSSR count). The van der Waals surface area contributed by atoms with Crippen LogP contribution in [0.2, 0.25) is 0 Å². The Balaban J connectivity index is 1.15. The number of benzene rings is 10. The van der Waals surface area contributed by atoms with Gasteiger partial charge in [0.15, 0.2) is 0 Å². The maximum absolute atomic E-state index is 2.53. The lowest BCUT2D eigenvalue weighted by Gasteiger charge is -2.35. The third kappa shape index (κ3) is 5.47. The Kier molecular flexibility index (Phi) is 7.75. The van der Waals surface area contributed by atoms with Gasteiger partial charge < -0.3 is 9.80 Å². The van der Waals surface area contributed by atoms with Crippen LogP contribution in [-0.2, 0) is 0 Å². The van der Waals surface area contributed by atoms with E-state index in [-0.39, 0.29) is 0 Å². The summed E-state index contributed by atoms with van der Waals surface area (Å²) in [6.07, 6.45) is 0. The van der Waals surface area contributed by atoms with Gasteiger partial charge in [-0.1, -0.05) is 140 Å². The maximum Gasteiger partial charge on any atom is 0.0619 e. The third-order valence-corrected chi connectivity index (χ3v) is 13.0. The number of nitrogens with zero attached hydrogens (tertiary/aromatic N) is 2. The highest BCUT2D eigenvalue weighted by atomic mass is 32.1. The quantitative estimate of drug-likeness (QED) is 0.166. The minimum absolute atomic E-state index is 1.10. The molecule has 0 aliphatic carbocycles. The van der Waals surface area contributed by atoms with Gasteiger partial charge in [0.2, 0.25) is 0 Å². The van der Waals surface area contributed by atoms with Crippen LogP contribution in [0.1, 0.15) is 0 Å². The zero-order valence-electron chi connectivity index (χ0n) is 32.1. The maximum atomic E-state index is 2.53. The third-order valence-electron chi connectivity index (χ3n) is 11.9. The first-order chi connectivity index (χ1) is 29.3. The Morgan fingerprint density at radius 2 is 0.983 bits per heavy atom. The minimum Gasteiger partial charge on any atom is -0.310 e. The Morgan fingerprint density at radius 3 is 1.75 bits per heavy atom.